The molecule has 124 valence electrons. The molecule has 1 atom stereocenters. The molecule has 0 aliphatic rings. The Labute approximate surface area is 131 Å². The van der Waals surface area contributed by atoms with Gasteiger partial charge >= 0.3 is 17.9 Å². The lowest BCUT2D eigenvalue weighted by Gasteiger charge is -2.10. The molecule has 0 aliphatic heterocycles. The van der Waals surface area contributed by atoms with E-state index in [0.717, 1.165) is 0 Å². The van der Waals surface area contributed by atoms with Crippen LogP contribution in [-0.2, 0) is 19.1 Å². The lowest BCUT2D eigenvalue weighted by Crippen LogP contribution is -2.28. The first-order valence-corrected chi connectivity index (χ1v) is 6.51. The Kier molecular flexibility index (Phi) is 6.75. The van der Waals surface area contributed by atoms with Crippen molar-refractivity contribution in [3.05, 3.63) is 29.8 Å². The molecule has 0 saturated carbocycles. The summed E-state index contributed by atoms with van der Waals surface area (Å²) in [6.45, 7) is 0. The number of esters is 2. The van der Waals surface area contributed by atoms with Gasteiger partial charge in [-0.3, -0.25) is 9.59 Å². The van der Waals surface area contributed by atoms with Gasteiger partial charge in [0.15, 0.2) is 17.6 Å². The summed E-state index contributed by atoms with van der Waals surface area (Å²) in [5, 5.41) is 27.5. The van der Waals surface area contributed by atoms with E-state index in [9.17, 15) is 24.6 Å². The predicted molar refractivity (Wildman–Crippen MR) is 77.7 cm³/mol. The summed E-state index contributed by atoms with van der Waals surface area (Å²) in [7, 11) is 1.27. The van der Waals surface area contributed by atoms with Gasteiger partial charge in [0.2, 0.25) is 0 Å². The smallest absolute Gasteiger partial charge is 0.341 e. The summed E-state index contributed by atoms with van der Waals surface area (Å²) < 4.78 is 9.18. The number of aliphatic hydroxyl groups is 1. The molecule has 0 amide bonds. The number of aromatic hydroxyl groups is 1. The number of phenols is 1. The number of aliphatic hydroxyl groups excluding tert-OH is 1. The normalized spacial score (nSPS) is 11.9. The maximum atomic E-state index is 11.5. The van der Waals surface area contributed by atoms with Gasteiger partial charge in [0.1, 0.15) is 0 Å². The van der Waals surface area contributed by atoms with Crippen LogP contribution in [0.5, 0.6) is 11.5 Å². The molecule has 0 aliphatic carbocycles. The van der Waals surface area contributed by atoms with Gasteiger partial charge < -0.3 is 24.8 Å². The maximum absolute atomic E-state index is 11.5. The Balaban J connectivity index is 2.71. The number of carboxylic acids is 1. The monoisotopic (exact) mass is 324 g/mol. The third kappa shape index (κ3) is 6.18. The first-order valence-electron chi connectivity index (χ1n) is 6.51. The first-order chi connectivity index (χ1) is 10.8. The molecular formula is C15H16O8. The fourth-order valence-electron chi connectivity index (χ4n) is 1.52. The molecule has 8 nitrogen and oxygen atoms in total. The highest BCUT2D eigenvalue weighted by molar-refractivity contribution is 5.82. The zero-order chi connectivity index (χ0) is 17.4. The molecule has 1 aromatic carbocycles. The molecule has 8 heteroatoms. The fraction of sp³-hybridized carbons (Fsp3) is 0.267. The van der Waals surface area contributed by atoms with Crippen molar-refractivity contribution in [3.63, 3.8) is 0 Å². The SMILES string of the molecule is COC(=O)CC=Cc1ccc(OC(=O)C(O)CC(=O)O)c(O)c1. The molecule has 0 fully saturated rings. The van der Waals surface area contributed by atoms with E-state index in [4.69, 9.17) is 9.84 Å². The van der Waals surface area contributed by atoms with Crippen molar-refractivity contribution in [3.8, 4) is 11.5 Å². The third-order valence-electron chi connectivity index (χ3n) is 2.66. The molecule has 0 radical (unpaired) electrons. The number of methoxy groups -OCH3 is 1. The third-order valence-corrected chi connectivity index (χ3v) is 2.66. The number of hydrogen-bond acceptors (Lipinski definition) is 7. The van der Waals surface area contributed by atoms with Gasteiger partial charge in [-0.05, 0) is 17.7 Å². The van der Waals surface area contributed by atoms with Crippen LogP contribution in [0.3, 0.4) is 0 Å². The number of benzene rings is 1. The number of phenolic OH excluding ortho intramolecular Hbond substituents is 1. The zero-order valence-electron chi connectivity index (χ0n) is 12.3. The molecule has 0 saturated heterocycles. The molecule has 0 aromatic heterocycles. The summed E-state index contributed by atoms with van der Waals surface area (Å²) in [5.74, 6) is -3.55. The molecule has 3 N–H and O–H groups in total. The van der Waals surface area contributed by atoms with Crippen molar-refractivity contribution >= 4 is 24.0 Å². The van der Waals surface area contributed by atoms with Crippen molar-refractivity contribution in [2.45, 2.75) is 18.9 Å². The minimum absolute atomic E-state index is 0.0649. The summed E-state index contributed by atoms with van der Waals surface area (Å²) in [5.41, 5.74) is 0.539. The van der Waals surface area contributed by atoms with Gasteiger partial charge in [-0.15, -0.1) is 0 Å². The van der Waals surface area contributed by atoms with E-state index in [1.807, 2.05) is 0 Å². The van der Waals surface area contributed by atoms with Crippen molar-refractivity contribution in [1.29, 1.82) is 0 Å². The summed E-state index contributed by atoms with van der Waals surface area (Å²) in [4.78, 5) is 32.8. The van der Waals surface area contributed by atoms with Crippen LogP contribution < -0.4 is 4.74 Å². The summed E-state index contributed by atoms with van der Waals surface area (Å²) in [6, 6.07) is 4.05. The lowest BCUT2D eigenvalue weighted by atomic mass is 10.1. The highest BCUT2D eigenvalue weighted by atomic mass is 16.6. The van der Waals surface area contributed by atoms with Crippen molar-refractivity contribution in [2.75, 3.05) is 7.11 Å². The van der Waals surface area contributed by atoms with Crippen LogP contribution in [0.1, 0.15) is 18.4 Å². The molecule has 0 bridgehead atoms. The fourth-order valence-corrected chi connectivity index (χ4v) is 1.52. The Hall–Kier alpha value is -2.87. The van der Waals surface area contributed by atoms with Gasteiger partial charge in [-0.1, -0.05) is 18.2 Å². The minimum atomic E-state index is -1.83. The second-order valence-corrected chi connectivity index (χ2v) is 4.44. The number of aliphatic carboxylic acids is 1. The van der Waals surface area contributed by atoms with Gasteiger partial charge in [-0.25, -0.2) is 4.79 Å². The lowest BCUT2D eigenvalue weighted by molar-refractivity contribution is -0.151. The van der Waals surface area contributed by atoms with Gasteiger partial charge in [0.05, 0.1) is 20.0 Å². The largest absolute Gasteiger partial charge is 0.504 e. The van der Waals surface area contributed by atoms with E-state index < -0.39 is 30.4 Å². The van der Waals surface area contributed by atoms with E-state index >= 15 is 0 Å². The van der Waals surface area contributed by atoms with E-state index in [0.29, 0.717) is 5.56 Å². The molecule has 1 aromatic rings. The number of hydrogen-bond donors (Lipinski definition) is 3. The number of ether oxygens (including phenoxy) is 2. The van der Waals surface area contributed by atoms with Crippen LogP contribution in [0.2, 0.25) is 0 Å². The number of carbonyl (C=O) groups is 3. The molecule has 0 heterocycles. The van der Waals surface area contributed by atoms with E-state index in [1.165, 1.54) is 31.4 Å². The average molecular weight is 324 g/mol. The first kappa shape index (κ1) is 18.2. The van der Waals surface area contributed by atoms with E-state index in [1.54, 1.807) is 6.08 Å². The van der Waals surface area contributed by atoms with E-state index in [2.05, 4.69) is 4.74 Å². The topological polar surface area (TPSA) is 130 Å². The second-order valence-electron chi connectivity index (χ2n) is 4.44. The number of carboxylic acid groups (broad SMARTS) is 1. The highest BCUT2D eigenvalue weighted by Gasteiger charge is 2.21. The van der Waals surface area contributed by atoms with Crippen molar-refractivity contribution < 1.29 is 39.2 Å². The van der Waals surface area contributed by atoms with Crippen molar-refractivity contribution in [1.82, 2.24) is 0 Å². The molecule has 0 spiro atoms. The minimum Gasteiger partial charge on any atom is -0.504 e. The Morgan fingerprint density at radius 1 is 1.30 bits per heavy atom. The number of rotatable bonds is 7. The van der Waals surface area contributed by atoms with Crippen LogP contribution in [-0.4, -0.2) is 46.4 Å². The van der Waals surface area contributed by atoms with Crippen LogP contribution in [0, 0.1) is 0 Å². The highest BCUT2D eigenvalue weighted by Crippen LogP contribution is 2.27. The number of carbonyl (C=O) groups excluding carboxylic acids is 2. The Morgan fingerprint density at radius 3 is 2.57 bits per heavy atom. The maximum Gasteiger partial charge on any atom is 0.341 e. The second kappa shape index (κ2) is 8.54. The quantitative estimate of drug-likeness (QED) is 0.494. The Bertz CT molecular complexity index is 620. The molecule has 1 rings (SSSR count). The zero-order valence-corrected chi connectivity index (χ0v) is 12.3. The van der Waals surface area contributed by atoms with Crippen LogP contribution in [0.4, 0.5) is 0 Å². The van der Waals surface area contributed by atoms with E-state index in [-0.39, 0.29) is 17.9 Å². The van der Waals surface area contributed by atoms with Gasteiger partial charge in [0.25, 0.3) is 0 Å². The van der Waals surface area contributed by atoms with Crippen LogP contribution in [0.15, 0.2) is 24.3 Å². The van der Waals surface area contributed by atoms with Crippen LogP contribution in [0.25, 0.3) is 6.08 Å². The molecule has 1 unspecified atom stereocenters. The van der Waals surface area contributed by atoms with Crippen LogP contribution >= 0.6 is 0 Å². The van der Waals surface area contributed by atoms with Gasteiger partial charge in [0, 0.05) is 0 Å². The molecule has 23 heavy (non-hydrogen) atoms. The standard InChI is InChI=1S/C15H16O8/c1-22-14(20)4-2-3-9-5-6-12(10(16)7-9)23-15(21)11(17)8-13(18)19/h2-3,5-7,11,16-17H,4,8H2,1H3,(H,18,19). The van der Waals surface area contributed by atoms with Gasteiger partial charge in [-0.2, -0.15) is 0 Å². The Morgan fingerprint density at radius 2 is 2.00 bits per heavy atom. The summed E-state index contributed by atoms with van der Waals surface area (Å²) >= 11 is 0. The van der Waals surface area contributed by atoms with Crippen molar-refractivity contribution in [2.24, 2.45) is 0 Å². The average Bonchev–Trinajstić information content (AvgIpc) is 2.48. The summed E-state index contributed by atoms with van der Waals surface area (Å²) in [6.07, 6.45) is 0.528. The predicted octanol–water partition coefficient (Wildman–Crippen LogP) is 0.710. The molecular weight excluding hydrogens is 308 g/mol.